The van der Waals surface area contributed by atoms with Gasteiger partial charge in [0, 0.05) is 18.6 Å². The minimum Gasteiger partial charge on any atom is -0.396 e. The summed E-state index contributed by atoms with van der Waals surface area (Å²) in [6.07, 6.45) is 29.3. The normalized spacial score (nSPS) is 16.9. The molecule has 4 N–H and O–H groups in total. The van der Waals surface area contributed by atoms with E-state index >= 15 is 0 Å². The van der Waals surface area contributed by atoms with Gasteiger partial charge >= 0.3 is 5.69 Å². The van der Waals surface area contributed by atoms with Crippen molar-refractivity contribution in [3.05, 3.63) is 22.7 Å². The Bertz CT molecular complexity index is 699. The lowest BCUT2D eigenvalue weighted by atomic mass is 10.0. The van der Waals surface area contributed by atoms with Gasteiger partial charge in [0.25, 0.3) is 0 Å². The third-order valence-corrected chi connectivity index (χ3v) is 8.17. The first-order chi connectivity index (χ1) is 18.6. The van der Waals surface area contributed by atoms with E-state index in [1.807, 2.05) is 0 Å². The van der Waals surface area contributed by atoms with Gasteiger partial charge in [-0.05, 0) is 12.5 Å². The molecule has 0 spiro atoms. The molecule has 8 heteroatoms. The van der Waals surface area contributed by atoms with Crippen LogP contribution in [0.2, 0.25) is 0 Å². The number of aromatic nitrogens is 2. The second kappa shape index (κ2) is 24.9. The standard InChI is InChI=1S/C22H46O.C8H11N3O3S/c1-2-3-4-5-6-7-8-9-10-11-12-13-14-15-16-17-18-19-20-21-22-23;9-5-1-2-11(8(13)10-5)6-4-15-7(3-12)14-6/h23H,2-22H2,1H3;1-2,6-7,12H,3-4H2,(H2,9,10,13)/t;6-,7+/m.1/s1. The molecule has 2 heterocycles. The van der Waals surface area contributed by atoms with Crippen LogP contribution >= 0.6 is 11.8 Å². The number of thioether (sulfide) groups is 1. The third kappa shape index (κ3) is 18.2. The SMILES string of the molecule is CCCCCCCCCCCCCCCCCCCCCCO.Nc1ccn([C@H]2CS[C@@H](CO)O2)c(=O)n1. The molecule has 0 amide bonds. The van der Waals surface area contributed by atoms with E-state index in [9.17, 15) is 4.79 Å². The molecule has 7 nitrogen and oxygen atoms in total. The maximum atomic E-state index is 11.4. The molecule has 2 rings (SSSR count). The summed E-state index contributed by atoms with van der Waals surface area (Å²) in [7, 11) is 0. The van der Waals surface area contributed by atoms with Gasteiger partial charge in [-0.15, -0.1) is 11.8 Å². The molecule has 1 aromatic rings. The Balaban J connectivity index is 0.000000411. The Kier molecular flexibility index (Phi) is 22.9. The van der Waals surface area contributed by atoms with Crippen molar-refractivity contribution in [2.45, 2.75) is 147 Å². The van der Waals surface area contributed by atoms with Crippen molar-refractivity contribution in [3.8, 4) is 0 Å². The molecular formula is C30H57N3O4S. The highest BCUT2D eigenvalue weighted by molar-refractivity contribution is 8.00. The van der Waals surface area contributed by atoms with Gasteiger partial charge in [-0.1, -0.05) is 129 Å². The average molecular weight is 556 g/mol. The molecule has 1 aromatic heterocycles. The number of hydrogen-bond donors (Lipinski definition) is 3. The fraction of sp³-hybridized carbons (Fsp3) is 0.867. The molecule has 1 saturated heterocycles. The lowest BCUT2D eigenvalue weighted by molar-refractivity contribution is -0.00629. The predicted molar refractivity (Wildman–Crippen MR) is 161 cm³/mol. The maximum Gasteiger partial charge on any atom is 0.351 e. The monoisotopic (exact) mass is 555 g/mol. The summed E-state index contributed by atoms with van der Waals surface area (Å²) in [5.41, 5.74) is 4.67. The molecule has 0 aliphatic carbocycles. The summed E-state index contributed by atoms with van der Waals surface area (Å²) in [6.45, 7) is 2.61. The zero-order valence-electron chi connectivity index (χ0n) is 24.2. The first kappa shape index (κ1) is 34.9. The van der Waals surface area contributed by atoms with Gasteiger partial charge in [0.2, 0.25) is 0 Å². The maximum absolute atomic E-state index is 11.4. The molecule has 0 unspecified atom stereocenters. The van der Waals surface area contributed by atoms with Crippen molar-refractivity contribution in [2.24, 2.45) is 0 Å². The Hall–Kier alpha value is -1.09. The molecule has 1 aliphatic heterocycles. The van der Waals surface area contributed by atoms with Crippen molar-refractivity contribution < 1.29 is 14.9 Å². The highest BCUT2D eigenvalue weighted by Gasteiger charge is 2.27. The number of ether oxygens (including phenoxy) is 1. The van der Waals surface area contributed by atoms with Crippen molar-refractivity contribution >= 4 is 17.6 Å². The van der Waals surface area contributed by atoms with E-state index in [0.717, 1.165) is 6.42 Å². The summed E-state index contributed by atoms with van der Waals surface area (Å²) in [5.74, 6) is 0.817. The zero-order valence-corrected chi connectivity index (χ0v) is 25.0. The van der Waals surface area contributed by atoms with E-state index in [1.165, 1.54) is 138 Å². The number of hydrogen-bond acceptors (Lipinski definition) is 7. The summed E-state index contributed by atoms with van der Waals surface area (Å²) >= 11 is 1.47. The molecule has 222 valence electrons. The summed E-state index contributed by atoms with van der Waals surface area (Å²) in [6, 6.07) is 1.54. The number of unbranched alkanes of at least 4 members (excludes halogenated alkanes) is 19. The zero-order chi connectivity index (χ0) is 27.7. The van der Waals surface area contributed by atoms with E-state index in [1.54, 1.807) is 12.3 Å². The van der Waals surface area contributed by atoms with Gasteiger partial charge < -0.3 is 20.7 Å². The molecule has 0 bridgehead atoms. The minimum absolute atomic E-state index is 0.0572. The summed E-state index contributed by atoms with van der Waals surface area (Å²) in [5, 5.41) is 17.6. The first-order valence-electron chi connectivity index (χ1n) is 15.5. The van der Waals surface area contributed by atoms with Crippen molar-refractivity contribution in [2.75, 3.05) is 24.7 Å². The Morgan fingerprint density at radius 2 is 1.29 bits per heavy atom. The van der Waals surface area contributed by atoms with Crippen molar-refractivity contribution in [1.82, 2.24) is 9.55 Å². The molecular weight excluding hydrogens is 498 g/mol. The number of nitrogen functional groups attached to an aromatic ring is 1. The van der Waals surface area contributed by atoms with Gasteiger partial charge in [0.05, 0.1) is 6.61 Å². The first-order valence-corrected chi connectivity index (χ1v) is 16.5. The van der Waals surface area contributed by atoms with Gasteiger partial charge in [-0.2, -0.15) is 4.98 Å². The van der Waals surface area contributed by atoms with Gasteiger partial charge in [-0.25, -0.2) is 4.79 Å². The average Bonchev–Trinajstić information content (AvgIpc) is 3.39. The van der Waals surface area contributed by atoms with Gasteiger partial charge in [-0.3, -0.25) is 4.57 Å². The quantitative estimate of drug-likeness (QED) is 0.130. The molecule has 1 aliphatic rings. The third-order valence-electron chi connectivity index (χ3n) is 7.06. The number of anilines is 1. The summed E-state index contributed by atoms with van der Waals surface area (Å²) in [4.78, 5) is 15.0. The smallest absolute Gasteiger partial charge is 0.351 e. The number of nitrogens with two attached hydrogens (primary N) is 1. The van der Waals surface area contributed by atoms with E-state index in [2.05, 4.69) is 11.9 Å². The van der Waals surface area contributed by atoms with Crippen LogP contribution in [-0.4, -0.2) is 44.2 Å². The second-order valence-electron chi connectivity index (χ2n) is 10.5. The fourth-order valence-corrected chi connectivity index (χ4v) is 5.63. The van der Waals surface area contributed by atoms with Crippen LogP contribution in [0.15, 0.2) is 17.1 Å². The van der Waals surface area contributed by atoms with Crippen molar-refractivity contribution in [3.63, 3.8) is 0 Å². The number of aliphatic hydroxyl groups is 2. The Morgan fingerprint density at radius 1 is 0.842 bits per heavy atom. The van der Waals surface area contributed by atoms with Crippen LogP contribution in [0.25, 0.3) is 0 Å². The van der Waals surface area contributed by atoms with Crippen LogP contribution in [0.4, 0.5) is 5.82 Å². The molecule has 0 radical (unpaired) electrons. The van der Waals surface area contributed by atoms with E-state index < -0.39 is 5.69 Å². The second-order valence-corrected chi connectivity index (χ2v) is 11.7. The fourth-order valence-electron chi connectivity index (χ4n) is 4.70. The van der Waals surface area contributed by atoms with Crippen LogP contribution in [0.5, 0.6) is 0 Å². The lowest BCUT2D eigenvalue weighted by Crippen LogP contribution is -2.28. The number of aliphatic hydroxyl groups excluding tert-OH is 2. The Morgan fingerprint density at radius 3 is 1.66 bits per heavy atom. The largest absolute Gasteiger partial charge is 0.396 e. The molecule has 1 fully saturated rings. The molecule has 0 saturated carbocycles. The number of nitrogens with zero attached hydrogens (tertiary/aromatic N) is 2. The van der Waals surface area contributed by atoms with Crippen LogP contribution in [0, 0.1) is 0 Å². The van der Waals surface area contributed by atoms with Crippen LogP contribution < -0.4 is 11.4 Å². The van der Waals surface area contributed by atoms with E-state index in [0.29, 0.717) is 12.4 Å². The molecule has 2 atom stereocenters. The lowest BCUT2D eigenvalue weighted by Gasteiger charge is -2.13. The van der Waals surface area contributed by atoms with Crippen LogP contribution in [0.1, 0.15) is 142 Å². The highest BCUT2D eigenvalue weighted by Crippen LogP contribution is 2.30. The summed E-state index contributed by atoms with van der Waals surface area (Å²) < 4.78 is 6.79. The predicted octanol–water partition coefficient (Wildman–Crippen LogP) is 7.21. The van der Waals surface area contributed by atoms with Crippen LogP contribution in [-0.2, 0) is 4.74 Å². The topological polar surface area (TPSA) is 111 Å². The highest BCUT2D eigenvalue weighted by atomic mass is 32.2. The Labute approximate surface area is 236 Å². The molecule has 0 aromatic carbocycles. The number of rotatable bonds is 22. The molecule has 38 heavy (non-hydrogen) atoms. The van der Waals surface area contributed by atoms with E-state index in [-0.39, 0.29) is 24.1 Å². The van der Waals surface area contributed by atoms with Gasteiger partial charge in [0.15, 0.2) is 0 Å². The van der Waals surface area contributed by atoms with E-state index in [4.69, 9.17) is 20.7 Å². The minimum atomic E-state index is -0.431. The van der Waals surface area contributed by atoms with Crippen LogP contribution in [0.3, 0.4) is 0 Å². The van der Waals surface area contributed by atoms with Gasteiger partial charge in [0.1, 0.15) is 17.5 Å². The van der Waals surface area contributed by atoms with Crippen molar-refractivity contribution in [1.29, 1.82) is 0 Å².